The van der Waals surface area contributed by atoms with E-state index in [0.29, 0.717) is 17.7 Å². The molecule has 3 atom stereocenters. The highest BCUT2D eigenvalue weighted by Gasteiger charge is 2.28. The van der Waals surface area contributed by atoms with Crippen LogP contribution in [-0.4, -0.2) is 58.1 Å². The van der Waals surface area contributed by atoms with Gasteiger partial charge in [0.05, 0.1) is 6.04 Å². The fourth-order valence-corrected chi connectivity index (χ4v) is 3.21. The van der Waals surface area contributed by atoms with E-state index in [1.165, 1.54) is 23.9 Å². The number of thioether (sulfide) groups is 1. The second-order valence-corrected chi connectivity index (χ2v) is 8.33. The minimum Gasteiger partial charge on any atom is -0.508 e. The van der Waals surface area contributed by atoms with Crippen LogP contribution in [-0.2, 0) is 20.8 Å². The SMILES string of the molecule is CSCCC(NC(=O)C(Cc1ccc(O)cc1)NC(=O)C(N)CC(C)C)C(=O)O. The van der Waals surface area contributed by atoms with Crippen molar-refractivity contribution in [2.24, 2.45) is 11.7 Å². The molecule has 1 aromatic carbocycles. The lowest BCUT2D eigenvalue weighted by Gasteiger charge is -2.23. The lowest BCUT2D eigenvalue weighted by atomic mass is 10.0. The Balaban J connectivity index is 2.95. The van der Waals surface area contributed by atoms with Crippen molar-refractivity contribution in [2.45, 2.75) is 51.2 Å². The largest absolute Gasteiger partial charge is 0.508 e. The Morgan fingerprint density at radius 2 is 1.66 bits per heavy atom. The third-order valence-corrected chi connectivity index (χ3v) is 4.94. The highest BCUT2D eigenvalue weighted by molar-refractivity contribution is 7.98. The summed E-state index contributed by atoms with van der Waals surface area (Å²) in [7, 11) is 0. The summed E-state index contributed by atoms with van der Waals surface area (Å²) >= 11 is 1.48. The lowest BCUT2D eigenvalue weighted by molar-refractivity contribution is -0.142. The van der Waals surface area contributed by atoms with Crippen LogP contribution in [0.3, 0.4) is 0 Å². The minimum atomic E-state index is -1.13. The smallest absolute Gasteiger partial charge is 0.326 e. The highest BCUT2D eigenvalue weighted by Crippen LogP contribution is 2.12. The number of hydrogen-bond donors (Lipinski definition) is 5. The van der Waals surface area contributed by atoms with Gasteiger partial charge in [-0.3, -0.25) is 9.59 Å². The van der Waals surface area contributed by atoms with E-state index in [4.69, 9.17) is 5.73 Å². The molecule has 0 bridgehead atoms. The number of carboxylic acid groups (broad SMARTS) is 1. The van der Waals surface area contributed by atoms with Crippen molar-refractivity contribution in [3.8, 4) is 5.75 Å². The first kappa shape index (κ1) is 24.8. The average molecular weight is 426 g/mol. The molecule has 0 saturated carbocycles. The lowest BCUT2D eigenvalue weighted by Crippen LogP contribution is -2.55. The maximum absolute atomic E-state index is 12.8. The van der Waals surface area contributed by atoms with Crippen molar-refractivity contribution < 1.29 is 24.6 Å². The Labute approximate surface area is 175 Å². The number of carbonyl (C=O) groups is 3. The summed E-state index contributed by atoms with van der Waals surface area (Å²) in [4.78, 5) is 36.7. The zero-order chi connectivity index (χ0) is 22.0. The number of amides is 2. The number of phenolic OH excluding ortho intramolecular Hbond substituents is 1. The molecule has 1 aromatic rings. The van der Waals surface area contributed by atoms with Crippen LogP contribution in [0.4, 0.5) is 0 Å². The number of aromatic hydroxyl groups is 1. The first-order chi connectivity index (χ1) is 13.6. The minimum absolute atomic E-state index is 0.0840. The molecule has 0 spiro atoms. The van der Waals surface area contributed by atoms with Gasteiger partial charge < -0.3 is 26.6 Å². The topological polar surface area (TPSA) is 142 Å². The maximum Gasteiger partial charge on any atom is 0.326 e. The van der Waals surface area contributed by atoms with E-state index in [1.54, 1.807) is 12.1 Å². The van der Waals surface area contributed by atoms with Crippen LogP contribution in [0.2, 0.25) is 0 Å². The standard InChI is InChI=1S/C20H31N3O5S/c1-12(2)10-15(21)18(25)23-17(11-13-4-6-14(24)7-5-13)19(26)22-16(20(27)28)8-9-29-3/h4-7,12,15-17,24H,8-11,21H2,1-3H3,(H,22,26)(H,23,25)(H,27,28). The number of nitrogens with one attached hydrogen (secondary N) is 2. The molecule has 0 aliphatic rings. The second-order valence-electron chi connectivity index (χ2n) is 7.35. The summed E-state index contributed by atoms with van der Waals surface area (Å²) in [5.74, 6) is -1.31. The van der Waals surface area contributed by atoms with Gasteiger partial charge in [0, 0.05) is 6.42 Å². The molecule has 6 N–H and O–H groups in total. The van der Waals surface area contributed by atoms with E-state index in [2.05, 4.69) is 10.6 Å². The number of benzene rings is 1. The van der Waals surface area contributed by atoms with E-state index < -0.39 is 35.9 Å². The van der Waals surface area contributed by atoms with Gasteiger partial charge in [-0.2, -0.15) is 11.8 Å². The zero-order valence-corrected chi connectivity index (χ0v) is 17.9. The second kappa shape index (κ2) is 12.3. The molecular formula is C20H31N3O5S. The molecule has 2 amide bonds. The van der Waals surface area contributed by atoms with Crippen LogP contribution in [0.25, 0.3) is 0 Å². The first-order valence-corrected chi connectivity index (χ1v) is 10.9. The molecule has 0 aliphatic carbocycles. The summed E-state index contributed by atoms with van der Waals surface area (Å²) in [5.41, 5.74) is 6.63. The van der Waals surface area contributed by atoms with E-state index in [1.807, 2.05) is 20.1 Å². The predicted octanol–water partition coefficient (Wildman–Crippen LogP) is 1.12. The molecule has 0 fully saturated rings. The number of aliphatic carboxylic acids is 1. The van der Waals surface area contributed by atoms with Crippen molar-refractivity contribution in [2.75, 3.05) is 12.0 Å². The fourth-order valence-electron chi connectivity index (χ4n) is 2.74. The molecule has 3 unspecified atom stereocenters. The molecule has 0 aromatic heterocycles. The number of nitrogens with two attached hydrogens (primary N) is 1. The number of carbonyl (C=O) groups excluding carboxylic acids is 2. The molecule has 9 heteroatoms. The van der Waals surface area contributed by atoms with Crippen molar-refractivity contribution in [1.82, 2.24) is 10.6 Å². The Bertz CT molecular complexity index is 681. The van der Waals surface area contributed by atoms with Gasteiger partial charge in [0.15, 0.2) is 0 Å². The van der Waals surface area contributed by atoms with E-state index in [-0.39, 0.29) is 24.5 Å². The molecule has 0 saturated heterocycles. The Morgan fingerprint density at radius 1 is 1.07 bits per heavy atom. The first-order valence-electron chi connectivity index (χ1n) is 9.50. The quantitative estimate of drug-likeness (QED) is 0.338. The van der Waals surface area contributed by atoms with Gasteiger partial charge >= 0.3 is 5.97 Å². The van der Waals surface area contributed by atoms with Gasteiger partial charge in [-0.15, -0.1) is 0 Å². The van der Waals surface area contributed by atoms with Gasteiger partial charge in [-0.1, -0.05) is 26.0 Å². The number of rotatable bonds is 12. The normalized spacial score (nSPS) is 14.1. The van der Waals surface area contributed by atoms with Crippen LogP contribution in [0, 0.1) is 5.92 Å². The summed E-state index contributed by atoms with van der Waals surface area (Å²) in [6, 6.07) is 3.44. The number of carboxylic acids is 1. The maximum atomic E-state index is 12.8. The van der Waals surface area contributed by atoms with Crippen molar-refractivity contribution in [1.29, 1.82) is 0 Å². The van der Waals surface area contributed by atoms with Gasteiger partial charge in [0.2, 0.25) is 11.8 Å². The summed E-state index contributed by atoms with van der Waals surface area (Å²) in [6.45, 7) is 3.88. The Hall–Kier alpha value is -2.26. The van der Waals surface area contributed by atoms with Crippen molar-refractivity contribution >= 4 is 29.5 Å². The fraction of sp³-hybridized carbons (Fsp3) is 0.550. The number of phenols is 1. The summed E-state index contributed by atoms with van der Waals surface area (Å²) in [6.07, 6.45) is 2.73. The van der Waals surface area contributed by atoms with Crippen LogP contribution < -0.4 is 16.4 Å². The van der Waals surface area contributed by atoms with E-state index >= 15 is 0 Å². The van der Waals surface area contributed by atoms with Crippen molar-refractivity contribution in [3.05, 3.63) is 29.8 Å². The van der Waals surface area contributed by atoms with Crippen LogP contribution in [0.5, 0.6) is 5.75 Å². The van der Waals surface area contributed by atoms with Crippen LogP contribution in [0.15, 0.2) is 24.3 Å². The molecular weight excluding hydrogens is 394 g/mol. The third-order valence-electron chi connectivity index (χ3n) is 4.30. The Morgan fingerprint density at radius 3 is 2.17 bits per heavy atom. The monoisotopic (exact) mass is 425 g/mol. The van der Waals surface area contributed by atoms with Gasteiger partial charge in [0.1, 0.15) is 17.8 Å². The zero-order valence-electron chi connectivity index (χ0n) is 17.1. The Kier molecular flexibility index (Phi) is 10.5. The molecule has 1 rings (SSSR count). The molecule has 29 heavy (non-hydrogen) atoms. The van der Waals surface area contributed by atoms with E-state index in [0.717, 1.165) is 0 Å². The average Bonchev–Trinajstić information content (AvgIpc) is 2.65. The van der Waals surface area contributed by atoms with Crippen LogP contribution >= 0.6 is 11.8 Å². The van der Waals surface area contributed by atoms with Gasteiger partial charge in [-0.05, 0) is 48.5 Å². The molecule has 162 valence electrons. The van der Waals surface area contributed by atoms with Gasteiger partial charge in [0.25, 0.3) is 0 Å². The van der Waals surface area contributed by atoms with E-state index in [9.17, 15) is 24.6 Å². The van der Waals surface area contributed by atoms with Gasteiger partial charge in [-0.25, -0.2) is 4.79 Å². The molecule has 0 radical (unpaired) electrons. The predicted molar refractivity (Wildman–Crippen MR) is 114 cm³/mol. The summed E-state index contributed by atoms with van der Waals surface area (Å²) in [5, 5.41) is 24.0. The number of hydrogen-bond acceptors (Lipinski definition) is 6. The van der Waals surface area contributed by atoms with Crippen LogP contribution in [0.1, 0.15) is 32.3 Å². The molecule has 0 heterocycles. The highest BCUT2D eigenvalue weighted by atomic mass is 32.2. The molecule has 8 nitrogen and oxygen atoms in total. The third kappa shape index (κ3) is 9.19. The van der Waals surface area contributed by atoms with Crippen molar-refractivity contribution in [3.63, 3.8) is 0 Å². The molecule has 0 aliphatic heterocycles. The summed E-state index contributed by atoms with van der Waals surface area (Å²) < 4.78 is 0.